The van der Waals surface area contributed by atoms with Crippen molar-refractivity contribution in [1.29, 1.82) is 0 Å². The zero-order valence-corrected chi connectivity index (χ0v) is 27.2. The molecule has 0 amide bonds. The van der Waals surface area contributed by atoms with Crippen molar-refractivity contribution in [2.24, 2.45) is 0 Å². The van der Waals surface area contributed by atoms with E-state index in [0.717, 1.165) is 44.9 Å². The van der Waals surface area contributed by atoms with Crippen LogP contribution in [0.1, 0.15) is 142 Å². The number of rotatable bonds is 29. The molecule has 0 saturated heterocycles. The van der Waals surface area contributed by atoms with Crippen LogP contribution in [-0.2, 0) is 33.3 Å². The van der Waals surface area contributed by atoms with Gasteiger partial charge in [0.1, 0.15) is 18.8 Å². The molecule has 0 fully saturated rings. The number of esters is 3. The second-order valence-electron chi connectivity index (χ2n) is 11.6. The second-order valence-corrected chi connectivity index (χ2v) is 11.6. The molecule has 0 aliphatic rings. The summed E-state index contributed by atoms with van der Waals surface area (Å²) in [5.74, 6) is -0.775. The largest absolute Gasteiger partial charge is 0.462 e. The van der Waals surface area contributed by atoms with Gasteiger partial charge in [0.25, 0.3) is 0 Å². The fourth-order valence-electron chi connectivity index (χ4n) is 4.72. The van der Waals surface area contributed by atoms with Gasteiger partial charge in [-0.3, -0.25) is 14.4 Å². The number of methoxy groups -OCH3 is 1. The summed E-state index contributed by atoms with van der Waals surface area (Å²) < 4.78 is 21.8. The molecule has 242 valence electrons. The van der Waals surface area contributed by atoms with Crippen LogP contribution in [0.25, 0.3) is 0 Å². The Labute approximate surface area is 251 Å². The normalized spacial score (nSPS) is 12.7. The Balaban J connectivity index is 4.36. The molecular formula is C33H63NO7. The number of carbonyl (C=O) groups excluding carboxylic acids is 3. The Morgan fingerprint density at radius 3 is 1.61 bits per heavy atom. The van der Waals surface area contributed by atoms with E-state index in [1.807, 2.05) is 19.0 Å². The van der Waals surface area contributed by atoms with Gasteiger partial charge in [-0.2, -0.15) is 0 Å². The van der Waals surface area contributed by atoms with Gasteiger partial charge in [-0.25, -0.2) is 0 Å². The third-order valence-electron chi connectivity index (χ3n) is 7.10. The number of unbranched alkanes of at least 4 members (excludes halogenated alkanes) is 11. The lowest BCUT2D eigenvalue weighted by Crippen LogP contribution is -2.34. The molecule has 2 atom stereocenters. The minimum absolute atomic E-state index is 0.00959. The van der Waals surface area contributed by atoms with Crippen LogP contribution in [0.4, 0.5) is 0 Å². The molecule has 8 nitrogen and oxygen atoms in total. The Kier molecular flexibility index (Phi) is 27.3. The molecular weight excluding hydrogens is 522 g/mol. The van der Waals surface area contributed by atoms with Crippen LogP contribution in [0.2, 0.25) is 0 Å². The summed E-state index contributed by atoms with van der Waals surface area (Å²) >= 11 is 0. The zero-order chi connectivity index (χ0) is 30.6. The molecule has 0 aromatic heterocycles. The molecule has 0 N–H and O–H groups in total. The van der Waals surface area contributed by atoms with Gasteiger partial charge in [0.2, 0.25) is 0 Å². The van der Waals surface area contributed by atoms with Gasteiger partial charge in [0.05, 0.1) is 0 Å². The fourth-order valence-corrected chi connectivity index (χ4v) is 4.72. The number of carbonyl (C=O) groups is 3. The lowest BCUT2D eigenvalue weighted by Gasteiger charge is -2.21. The Hall–Kier alpha value is -1.67. The van der Waals surface area contributed by atoms with Crippen LogP contribution in [0.3, 0.4) is 0 Å². The van der Waals surface area contributed by atoms with Crippen LogP contribution in [-0.4, -0.2) is 76.0 Å². The minimum atomic E-state index is -0.518. The van der Waals surface area contributed by atoms with Crippen LogP contribution >= 0.6 is 0 Å². The Bertz CT molecular complexity index is 641. The molecule has 0 aromatic rings. The highest BCUT2D eigenvalue weighted by Crippen LogP contribution is 2.17. The lowest BCUT2D eigenvalue weighted by atomic mass is 10.0. The van der Waals surface area contributed by atoms with Crippen molar-refractivity contribution in [3.05, 3.63) is 0 Å². The van der Waals surface area contributed by atoms with Gasteiger partial charge in [-0.1, -0.05) is 71.6 Å². The van der Waals surface area contributed by atoms with Crippen molar-refractivity contribution in [2.75, 3.05) is 41.0 Å². The van der Waals surface area contributed by atoms with E-state index in [-0.39, 0.29) is 37.0 Å². The third-order valence-corrected chi connectivity index (χ3v) is 7.10. The van der Waals surface area contributed by atoms with Crippen molar-refractivity contribution in [3.8, 4) is 0 Å². The first-order valence-electron chi connectivity index (χ1n) is 16.5. The van der Waals surface area contributed by atoms with Crippen molar-refractivity contribution >= 4 is 17.9 Å². The third kappa shape index (κ3) is 26.9. The molecule has 0 aliphatic heterocycles. The van der Waals surface area contributed by atoms with Crippen molar-refractivity contribution in [3.63, 3.8) is 0 Å². The first-order valence-corrected chi connectivity index (χ1v) is 16.5. The summed E-state index contributed by atoms with van der Waals surface area (Å²) in [7, 11) is 5.43. The molecule has 0 spiro atoms. The standard InChI is InChI=1S/C33H63NO7/c1-6-8-10-12-13-16-22-29(21-15-11-9-7-2)40-32(36)24-18-19-25-33(37)41-30(27-34(3)4)28-39-31(35)23-17-14-20-26-38-5/h29-30H,6-28H2,1-5H3. The molecule has 0 aromatic carbocycles. The van der Waals surface area contributed by atoms with Crippen LogP contribution in [0.15, 0.2) is 0 Å². The first-order chi connectivity index (χ1) is 19.8. The van der Waals surface area contributed by atoms with Gasteiger partial charge in [-0.15, -0.1) is 0 Å². The van der Waals surface area contributed by atoms with E-state index in [2.05, 4.69) is 13.8 Å². The summed E-state index contributed by atoms with van der Waals surface area (Å²) in [6.45, 7) is 5.64. The maximum Gasteiger partial charge on any atom is 0.306 e. The smallest absolute Gasteiger partial charge is 0.306 e. The van der Waals surface area contributed by atoms with E-state index < -0.39 is 6.10 Å². The molecule has 0 bridgehead atoms. The second kappa shape index (κ2) is 28.4. The highest BCUT2D eigenvalue weighted by Gasteiger charge is 2.19. The maximum atomic E-state index is 12.5. The lowest BCUT2D eigenvalue weighted by molar-refractivity contribution is -0.160. The van der Waals surface area contributed by atoms with E-state index in [1.165, 1.54) is 51.4 Å². The minimum Gasteiger partial charge on any atom is -0.462 e. The van der Waals surface area contributed by atoms with Crippen molar-refractivity contribution in [1.82, 2.24) is 4.90 Å². The maximum absolute atomic E-state index is 12.5. The summed E-state index contributed by atoms with van der Waals surface area (Å²) in [6, 6.07) is 0. The molecule has 41 heavy (non-hydrogen) atoms. The predicted molar refractivity (Wildman–Crippen MR) is 165 cm³/mol. The molecule has 8 heteroatoms. The van der Waals surface area contributed by atoms with Crippen LogP contribution < -0.4 is 0 Å². The van der Waals surface area contributed by atoms with Crippen molar-refractivity contribution < 1.29 is 33.3 Å². The van der Waals surface area contributed by atoms with E-state index in [1.54, 1.807) is 7.11 Å². The van der Waals surface area contributed by atoms with E-state index in [0.29, 0.717) is 38.8 Å². The van der Waals surface area contributed by atoms with Gasteiger partial charge in [0.15, 0.2) is 0 Å². The van der Waals surface area contributed by atoms with Gasteiger partial charge >= 0.3 is 17.9 Å². The Morgan fingerprint density at radius 1 is 0.585 bits per heavy atom. The van der Waals surface area contributed by atoms with Gasteiger partial charge in [0, 0.05) is 39.5 Å². The number of hydrogen-bond donors (Lipinski definition) is 0. The van der Waals surface area contributed by atoms with Gasteiger partial charge < -0.3 is 23.8 Å². The Morgan fingerprint density at radius 2 is 1.05 bits per heavy atom. The molecule has 2 unspecified atom stereocenters. The highest BCUT2D eigenvalue weighted by molar-refractivity contribution is 5.71. The summed E-state index contributed by atoms with van der Waals surface area (Å²) in [4.78, 5) is 38.9. The SMILES string of the molecule is CCCCCCCCC(CCCCCC)OC(=O)CCCCC(=O)OC(COC(=O)CCCCCOC)CN(C)C. The number of hydrogen-bond acceptors (Lipinski definition) is 8. The average Bonchev–Trinajstić information content (AvgIpc) is 2.93. The monoisotopic (exact) mass is 585 g/mol. The molecule has 0 saturated carbocycles. The quantitative estimate of drug-likeness (QED) is 0.0509. The molecule has 0 rings (SSSR count). The van der Waals surface area contributed by atoms with Gasteiger partial charge in [-0.05, 0) is 65.5 Å². The zero-order valence-electron chi connectivity index (χ0n) is 27.2. The van der Waals surface area contributed by atoms with Crippen LogP contribution in [0.5, 0.6) is 0 Å². The molecule has 0 radical (unpaired) electrons. The predicted octanol–water partition coefficient (Wildman–Crippen LogP) is 7.40. The van der Waals surface area contributed by atoms with E-state index >= 15 is 0 Å². The topological polar surface area (TPSA) is 91.4 Å². The number of likely N-dealkylation sites (N-methyl/N-ethyl adjacent to an activating group) is 1. The number of nitrogens with zero attached hydrogens (tertiary/aromatic N) is 1. The van der Waals surface area contributed by atoms with Crippen molar-refractivity contribution in [2.45, 2.75) is 154 Å². The summed E-state index contributed by atoms with van der Waals surface area (Å²) in [5.41, 5.74) is 0. The molecule has 0 aliphatic carbocycles. The fraction of sp³-hybridized carbons (Fsp3) is 0.909. The molecule has 0 heterocycles. The average molecular weight is 586 g/mol. The van der Waals surface area contributed by atoms with E-state index in [4.69, 9.17) is 18.9 Å². The van der Waals surface area contributed by atoms with Crippen LogP contribution in [0, 0.1) is 0 Å². The summed E-state index contributed by atoms with van der Waals surface area (Å²) in [5, 5.41) is 0. The number of ether oxygens (including phenoxy) is 4. The first kappa shape index (κ1) is 39.3. The summed E-state index contributed by atoms with van der Waals surface area (Å²) in [6.07, 6.45) is 18.1. The van der Waals surface area contributed by atoms with E-state index in [9.17, 15) is 14.4 Å². The highest BCUT2D eigenvalue weighted by atomic mass is 16.6.